The average Bonchev–Trinajstić information content (AvgIpc) is 3.36. The molecule has 26 heavy (non-hydrogen) atoms. The van der Waals surface area contributed by atoms with Gasteiger partial charge in [-0.05, 0) is 51.9 Å². The normalized spacial score (nSPS) is 16.2. The van der Waals surface area contributed by atoms with Gasteiger partial charge in [-0.3, -0.25) is 4.99 Å². The van der Waals surface area contributed by atoms with Crippen LogP contribution in [0.3, 0.4) is 0 Å². The molecule has 0 aromatic rings. The van der Waals surface area contributed by atoms with Crippen molar-refractivity contribution < 1.29 is 14.3 Å². The Morgan fingerprint density at radius 1 is 1.31 bits per heavy atom. The van der Waals surface area contributed by atoms with Gasteiger partial charge in [-0.2, -0.15) is 0 Å². The van der Waals surface area contributed by atoms with Crippen LogP contribution in [0, 0.1) is 11.8 Å². The van der Waals surface area contributed by atoms with E-state index in [2.05, 4.69) is 22.5 Å². The molecule has 0 aromatic carbocycles. The van der Waals surface area contributed by atoms with Crippen LogP contribution < -0.4 is 10.6 Å². The van der Waals surface area contributed by atoms with E-state index < -0.39 is 5.60 Å². The van der Waals surface area contributed by atoms with Crippen molar-refractivity contribution in [1.29, 1.82) is 0 Å². The van der Waals surface area contributed by atoms with Crippen LogP contribution in [0.2, 0.25) is 0 Å². The maximum Gasteiger partial charge on any atom is 0.410 e. The summed E-state index contributed by atoms with van der Waals surface area (Å²) in [5.41, 5.74) is -0.471. The van der Waals surface area contributed by atoms with Gasteiger partial charge in [0.05, 0.1) is 0 Å². The maximum absolute atomic E-state index is 12.0. The lowest BCUT2D eigenvalue weighted by molar-refractivity contribution is 0.0278. The van der Waals surface area contributed by atoms with E-state index in [-0.39, 0.29) is 12.0 Å². The SMILES string of the molecule is CN=C(NCCCOCC1CC1)NCC(C)CN(C)C(=O)OC(C)(C)C. The minimum Gasteiger partial charge on any atom is -0.444 e. The van der Waals surface area contributed by atoms with Crippen LogP contribution in [0.5, 0.6) is 0 Å². The Kier molecular flexibility index (Phi) is 9.76. The lowest BCUT2D eigenvalue weighted by atomic mass is 10.1. The second-order valence-corrected chi connectivity index (χ2v) is 8.22. The van der Waals surface area contributed by atoms with Crippen molar-refractivity contribution in [2.45, 2.75) is 52.6 Å². The average molecular weight is 371 g/mol. The van der Waals surface area contributed by atoms with Crippen LogP contribution in [0.25, 0.3) is 0 Å². The second kappa shape index (κ2) is 11.3. The maximum atomic E-state index is 12.0. The van der Waals surface area contributed by atoms with Crippen molar-refractivity contribution in [3.8, 4) is 0 Å². The van der Waals surface area contributed by atoms with Gasteiger partial charge >= 0.3 is 6.09 Å². The zero-order valence-electron chi connectivity index (χ0n) is 17.4. The quantitative estimate of drug-likeness (QED) is 0.351. The van der Waals surface area contributed by atoms with Gasteiger partial charge in [0.2, 0.25) is 0 Å². The van der Waals surface area contributed by atoms with Crippen LogP contribution in [0.1, 0.15) is 47.0 Å². The van der Waals surface area contributed by atoms with E-state index in [1.54, 1.807) is 19.0 Å². The number of nitrogens with one attached hydrogen (secondary N) is 2. The number of aliphatic imine (C=N–C) groups is 1. The molecule has 7 nitrogen and oxygen atoms in total. The zero-order valence-corrected chi connectivity index (χ0v) is 17.4. The Hall–Kier alpha value is -1.50. The number of hydrogen-bond acceptors (Lipinski definition) is 4. The molecule has 0 heterocycles. The van der Waals surface area contributed by atoms with Crippen molar-refractivity contribution >= 4 is 12.1 Å². The third kappa shape index (κ3) is 11.2. The summed E-state index contributed by atoms with van der Waals surface area (Å²) < 4.78 is 11.0. The van der Waals surface area contributed by atoms with E-state index in [0.29, 0.717) is 6.54 Å². The summed E-state index contributed by atoms with van der Waals surface area (Å²) in [6.07, 6.45) is 3.33. The number of ether oxygens (including phenoxy) is 2. The van der Waals surface area contributed by atoms with E-state index in [9.17, 15) is 4.79 Å². The fourth-order valence-corrected chi connectivity index (χ4v) is 2.35. The van der Waals surface area contributed by atoms with Gasteiger partial charge in [-0.1, -0.05) is 6.92 Å². The van der Waals surface area contributed by atoms with E-state index in [4.69, 9.17) is 9.47 Å². The van der Waals surface area contributed by atoms with Crippen LogP contribution in [-0.2, 0) is 9.47 Å². The molecule has 2 N–H and O–H groups in total. The van der Waals surface area contributed by atoms with Gasteiger partial charge in [0.15, 0.2) is 5.96 Å². The summed E-state index contributed by atoms with van der Waals surface area (Å²) in [5, 5.41) is 6.59. The Morgan fingerprint density at radius 3 is 2.58 bits per heavy atom. The smallest absolute Gasteiger partial charge is 0.410 e. The van der Waals surface area contributed by atoms with Crippen molar-refractivity contribution in [3.05, 3.63) is 0 Å². The summed E-state index contributed by atoms with van der Waals surface area (Å²) in [4.78, 5) is 17.8. The largest absolute Gasteiger partial charge is 0.444 e. The Morgan fingerprint density at radius 2 is 2.00 bits per heavy atom. The molecule has 152 valence electrons. The molecule has 1 unspecified atom stereocenters. The summed E-state index contributed by atoms with van der Waals surface area (Å²) >= 11 is 0. The van der Waals surface area contributed by atoms with E-state index >= 15 is 0 Å². The van der Waals surface area contributed by atoms with Gasteiger partial charge in [-0.15, -0.1) is 0 Å². The first kappa shape index (κ1) is 22.5. The highest BCUT2D eigenvalue weighted by Crippen LogP contribution is 2.28. The molecular weight excluding hydrogens is 332 g/mol. The fourth-order valence-electron chi connectivity index (χ4n) is 2.35. The summed E-state index contributed by atoms with van der Waals surface area (Å²) in [6.45, 7) is 11.6. The molecule has 1 saturated carbocycles. The zero-order chi connectivity index (χ0) is 19.6. The highest BCUT2D eigenvalue weighted by molar-refractivity contribution is 5.79. The number of guanidine groups is 1. The minimum atomic E-state index is -0.471. The Balaban J connectivity index is 2.13. The molecule has 1 amide bonds. The number of hydrogen-bond donors (Lipinski definition) is 2. The third-order valence-electron chi connectivity index (χ3n) is 3.94. The van der Waals surface area contributed by atoms with E-state index in [1.807, 2.05) is 20.8 Å². The Labute approximate surface area is 158 Å². The molecule has 7 heteroatoms. The third-order valence-corrected chi connectivity index (χ3v) is 3.94. The molecule has 0 bridgehead atoms. The first-order chi connectivity index (χ1) is 12.2. The first-order valence-electron chi connectivity index (χ1n) is 9.67. The van der Waals surface area contributed by atoms with Gasteiger partial charge in [0.25, 0.3) is 0 Å². The topological polar surface area (TPSA) is 75.2 Å². The van der Waals surface area contributed by atoms with Crippen molar-refractivity contribution in [3.63, 3.8) is 0 Å². The molecule has 0 radical (unpaired) electrons. The second-order valence-electron chi connectivity index (χ2n) is 8.22. The molecule has 0 spiro atoms. The van der Waals surface area contributed by atoms with Crippen LogP contribution in [0.15, 0.2) is 4.99 Å². The molecule has 1 aliphatic carbocycles. The fraction of sp³-hybridized carbons (Fsp3) is 0.895. The van der Waals surface area contributed by atoms with Gasteiger partial charge < -0.3 is 25.0 Å². The number of amides is 1. The summed E-state index contributed by atoms with van der Waals surface area (Å²) in [6, 6.07) is 0. The predicted octanol–water partition coefficient (Wildman–Crippen LogP) is 2.47. The molecular formula is C19H38N4O3. The highest BCUT2D eigenvalue weighted by atomic mass is 16.6. The van der Waals surface area contributed by atoms with E-state index in [0.717, 1.165) is 44.6 Å². The van der Waals surface area contributed by atoms with Gasteiger partial charge in [0.1, 0.15) is 5.60 Å². The molecule has 0 aliphatic heterocycles. The standard InChI is InChI=1S/C19H38N4O3/c1-15(13-23(6)18(24)26-19(2,3)4)12-22-17(20-5)21-10-7-11-25-14-16-8-9-16/h15-16H,7-14H2,1-6H3,(H2,20,21,22). The first-order valence-corrected chi connectivity index (χ1v) is 9.67. The molecule has 0 saturated heterocycles. The molecule has 1 rings (SSSR count). The highest BCUT2D eigenvalue weighted by Gasteiger charge is 2.21. The number of nitrogens with zero attached hydrogens (tertiary/aromatic N) is 2. The summed E-state index contributed by atoms with van der Waals surface area (Å²) in [7, 11) is 3.52. The number of rotatable bonds is 10. The number of carbonyl (C=O) groups excluding carboxylic acids is 1. The molecule has 1 aliphatic rings. The van der Waals surface area contributed by atoms with Crippen molar-refractivity contribution in [2.75, 3.05) is 46.9 Å². The minimum absolute atomic E-state index is 0.271. The van der Waals surface area contributed by atoms with Gasteiger partial charge in [0, 0.05) is 46.9 Å². The van der Waals surface area contributed by atoms with Crippen LogP contribution >= 0.6 is 0 Å². The lowest BCUT2D eigenvalue weighted by Gasteiger charge is -2.26. The molecule has 1 atom stereocenters. The lowest BCUT2D eigenvalue weighted by Crippen LogP contribution is -2.43. The predicted molar refractivity (Wildman–Crippen MR) is 106 cm³/mol. The monoisotopic (exact) mass is 370 g/mol. The van der Waals surface area contributed by atoms with Crippen molar-refractivity contribution in [2.24, 2.45) is 16.8 Å². The van der Waals surface area contributed by atoms with Crippen molar-refractivity contribution in [1.82, 2.24) is 15.5 Å². The van der Waals surface area contributed by atoms with Crippen LogP contribution in [0.4, 0.5) is 4.79 Å². The van der Waals surface area contributed by atoms with Gasteiger partial charge in [-0.25, -0.2) is 4.79 Å². The van der Waals surface area contributed by atoms with E-state index in [1.165, 1.54) is 12.8 Å². The molecule has 1 fully saturated rings. The molecule has 0 aromatic heterocycles. The summed E-state index contributed by atoms with van der Waals surface area (Å²) in [5.74, 6) is 1.87. The van der Waals surface area contributed by atoms with Crippen LogP contribution in [-0.4, -0.2) is 69.5 Å². The Bertz CT molecular complexity index is 445. The number of carbonyl (C=O) groups is 1.